The zero-order valence-corrected chi connectivity index (χ0v) is 13.4. The average Bonchev–Trinajstić information content (AvgIpc) is 3.30. The largest absolute Gasteiger partial charge is 0.508 e. The lowest BCUT2D eigenvalue weighted by molar-refractivity contribution is 0.104. The van der Waals surface area contributed by atoms with Crippen LogP contribution in [0.1, 0.15) is 34.3 Å². The highest BCUT2D eigenvalue weighted by Gasteiger charge is 2.23. The highest BCUT2D eigenvalue weighted by atomic mass is 32.1. The summed E-state index contributed by atoms with van der Waals surface area (Å²) in [5, 5.41) is 14.8. The summed E-state index contributed by atoms with van der Waals surface area (Å²) in [6, 6.07) is 5.19. The number of benzene rings is 1. The Morgan fingerprint density at radius 2 is 2.09 bits per heavy atom. The molecule has 1 aliphatic heterocycles. The first-order chi connectivity index (χ1) is 11.2. The number of furan rings is 1. The standard InChI is InChI=1S/C18H17NO3S/c20-15-3-4-16-17(13(15)9-19-6-1-2-7-19)14(10-22-16)18(21)12-5-8-23-11-12/h3-5,8,10-11,20H,1-2,6-7,9H2. The lowest BCUT2D eigenvalue weighted by Gasteiger charge is -2.16. The van der Waals surface area contributed by atoms with E-state index >= 15 is 0 Å². The van der Waals surface area contributed by atoms with Crippen LogP contribution in [0, 0.1) is 0 Å². The van der Waals surface area contributed by atoms with Gasteiger partial charge in [-0.15, -0.1) is 0 Å². The van der Waals surface area contributed by atoms with Gasteiger partial charge in [-0.05, 0) is 49.5 Å². The number of nitrogens with zero attached hydrogens (tertiary/aromatic N) is 1. The SMILES string of the molecule is O=C(c1ccsc1)c1coc2ccc(O)c(CN3CCCC3)c12. The van der Waals surface area contributed by atoms with Crippen LogP contribution < -0.4 is 0 Å². The van der Waals surface area contributed by atoms with Crippen molar-refractivity contribution in [2.24, 2.45) is 0 Å². The molecule has 5 heteroatoms. The first-order valence-corrected chi connectivity index (χ1v) is 8.69. The molecule has 0 bridgehead atoms. The van der Waals surface area contributed by atoms with Gasteiger partial charge in [-0.1, -0.05) is 0 Å². The molecular formula is C18H17NO3S. The van der Waals surface area contributed by atoms with Gasteiger partial charge in [-0.25, -0.2) is 0 Å². The highest BCUT2D eigenvalue weighted by molar-refractivity contribution is 7.08. The predicted molar refractivity (Wildman–Crippen MR) is 90.1 cm³/mol. The summed E-state index contributed by atoms with van der Waals surface area (Å²) in [6.45, 7) is 2.70. The van der Waals surface area contributed by atoms with Crippen molar-refractivity contribution < 1.29 is 14.3 Å². The minimum atomic E-state index is -0.0572. The van der Waals surface area contributed by atoms with E-state index in [1.54, 1.807) is 12.1 Å². The minimum absolute atomic E-state index is 0.0572. The summed E-state index contributed by atoms with van der Waals surface area (Å²) in [7, 11) is 0. The molecule has 118 valence electrons. The van der Waals surface area contributed by atoms with E-state index in [-0.39, 0.29) is 11.5 Å². The van der Waals surface area contributed by atoms with E-state index in [0.717, 1.165) is 24.0 Å². The van der Waals surface area contributed by atoms with Gasteiger partial charge in [0, 0.05) is 28.4 Å². The Labute approximate surface area is 138 Å². The van der Waals surface area contributed by atoms with Gasteiger partial charge >= 0.3 is 0 Å². The van der Waals surface area contributed by atoms with Crippen molar-refractivity contribution in [1.29, 1.82) is 0 Å². The van der Waals surface area contributed by atoms with Gasteiger partial charge in [0.05, 0.1) is 5.56 Å². The number of carbonyl (C=O) groups excluding carboxylic acids is 1. The summed E-state index contributed by atoms with van der Waals surface area (Å²) in [6.07, 6.45) is 3.88. The third kappa shape index (κ3) is 2.56. The molecule has 4 nitrogen and oxygen atoms in total. The topological polar surface area (TPSA) is 53.7 Å². The lowest BCUT2D eigenvalue weighted by atomic mass is 10.00. The maximum Gasteiger partial charge on any atom is 0.197 e. The first-order valence-electron chi connectivity index (χ1n) is 7.75. The molecule has 1 fully saturated rings. The summed E-state index contributed by atoms with van der Waals surface area (Å²) in [5.74, 6) is 0.170. The number of thiophene rings is 1. The van der Waals surface area contributed by atoms with Crippen molar-refractivity contribution in [1.82, 2.24) is 4.90 Å². The summed E-state index contributed by atoms with van der Waals surface area (Å²) < 4.78 is 5.58. The molecule has 0 spiro atoms. The molecule has 1 saturated heterocycles. The average molecular weight is 327 g/mol. The van der Waals surface area contributed by atoms with Crippen molar-refractivity contribution in [3.05, 3.63) is 51.9 Å². The zero-order valence-electron chi connectivity index (χ0n) is 12.6. The number of carbonyl (C=O) groups is 1. The summed E-state index contributed by atoms with van der Waals surface area (Å²) >= 11 is 1.50. The molecule has 1 aromatic carbocycles. The van der Waals surface area contributed by atoms with Crippen molar-refractivity contribution in [3.63, 3.8) is 0 Å². The van der Waals surface area contributed by atoms with Crippen LogP contribution in [0.4, 0.5) is 0 Å². The van der Waals surface area contributed by atoms with Gasteiger partial charge in [0.2, 0.25) is 0 Å². The Kier molecular flexibility index (Phi) is 3.67. The van der Waals surface area contributed by atoms with Crippen LogP contribution in [0.25, 0.3) is 11.0 Å². The Morgan fingerprint density at radius 3 is 2.83 bits per heavy atom. The second-order valence-electron chi connectivity index (χ2n) is 5.91. The van der Waals surface area contributed by atoms with Crippen LogP contribution in [-0.2, 0) is 6.54 Å². The molecular weight excluding hydrogens is 310 g/mol. The van der Waals surface area contributed by atoms with Gasteiger partial charge in [0.25, 0.3) is 0 Å². The van der Waals surface area contributed by atoms with Crippen LogP contribution >= 0.6 is 11.3 Å². The maximum absolute atomic E-state index is 12.7. The second-order valence-corrected chi connectivity index (χ2v) is 6.69. The van der Waals surface area contributed by atoms with Crippen molar-refractivity contribution in [2.75, 3.05) is 13.1 Å². The third-order valence-electron chi connectivity index (χ3n) is 4.43. The number of ketones is 1. The van der Waals surface area contributed by atoms with E-state index < -0.39 is 0 Å². The Morgan fingerprint density at radius 1 is 1.26 bits per heavy atom. The molecule has 0 atom stereocenters. The highest BCUT2D eigenvalue weighted by Crippen LogP contribution is 2.34. The van der Waals surface area contributed by atoms with Gasteiger partial charge in [-0.3, -0.25) is 9.69 Å². The van der Waals surface area contributed by atoms with Gasteiger partial charge in [0.1, 0.15) is 17.6 Å². The number of rotatable bonds is 4. The number of aromatic hydroxyl groups is 1. The molecule has 4 rings (SSSR count). The van der Waals surface area contributed by atoms with E-state index in [1.807, 2.05) is 16.8 Å². The quantitative estimate of drug-likeness (QED) is 0.735. The molecule has 23 heavy (non-hydrogen) atoms. The lowest BCUT2D eigenvalue weighted by Crippen LogP contribution is -2.18. The van der Waals surface area contributed by atoms with E-state index in [9.17, 15) is 9.90 Å². The number of hydrogen-bond donors (Lipinski definition) is 1. The van der Waals surface area contributed by atoms with Crippen molar-refractivity contribution in [3.8, 4) is 5.75 Å². The first kappa shape index (κ1) is 14.5. The molecule has 3 heterocycles. The van der Waals surface area contributed by atoms with Crippen LogP contribution in [0.2, 0.25) is 0 Å². The summed E-state index contributed by atoms with van der Waals surface area (Å²) in [5.41, 5.74) is 2.63. The van der Waals surface area contributed by atoms with Crippen LogP contribution in [0.5, 0.6) is 5.75 Å². The number of hydrogen-bond acceptors (Lipinski definition) is 5. The molecule has 1 aliphatic rings. The number of likely N-dealkylation sites (tertiary alicyclic amines) is 1. The molecule has 0 radical (unpaired) electrons. The number of fused-ring (bicyclic) bond motifs is 1. The van der Waals surface area contributed by atoms with Gasteiger partial charge in [-0.2, -0.15) is 11.3 Å². The van der Waals surface area contributed by atoms with Crippen LogP contribution in [-0.4, -0.2) is 28.9 Å². The van der Waals surface area contributed by atoms with Crippen molar-refractivity contribution in [2.45, 2.75) is 19.4 Å². The Hall–Kier alpha value is -2.11. The molecule has 3 aromatic rings. The molecule has 0 aliphatic carbocycles. The second kappa shape index (κ2) is 5.83. The van der Waals surface area contributed by atoms with Crippen molar-refractivity contribution >= 4 is 28.1 Å². The third-order valence-corrected chi connectivity index (χ3v) is 5.11. The van der Waals surface area contributed by atoms with E-state index in [4.69, 9.17) is 4.42 Å². The Bertz CT molecular complexity index is 845. The van der Waals surface area contributed by atoms with E-state index in [1.165, 1.54) is 30.4 Å². The van der Waals surface area contributed by atoms with Gasteiger partial charge in [0.15, 0.2) is 5.78 Å². The predicted octanol–water partition coefficient (Wildman–Crippen LogP) is 4.03. The molecule has 1 N–H and O–H groups in total. The smallest absolute Gasteiger partial charge is 0.197 e. The minimum Gasteiger partial charge on any atom is -0.508 e. The van der Waals surface area contributed by atoms with Crippen LogP contribution in [0.15, 0.2) is 39.6 Å². The number of phenols is 1. The Balaban J connectivity index is 1.82. The molecule has 0 saturated carbocycles. The van der Waals surface area contributed by atoms with Gasteiger partial charge < -0.3 is 9.52 Å². The van der Waals surface area contributed by atoms with E-state index in [0.29, 0.717) is 23.3 Å². The van der Waals surface area contributed by atoms with E-state index in [2.05, 4.69) is 4.90 Å². The molecule has 2 aromatic heterocycles. The fourth-order valence-electron chi connectivity index (χ4n) is 3.23. The fourth-order valence-corrected chi connectivity index (χ4v) is 3.87. The van der Waals surface area contributed by atoms with Crippen LogP contribution in [0.3, 0.4) is 0 Å². The molecule has 0 unspecified atom stereocenters. The fraction of sp³-hybridized carbons (Fsp3) is 0.278. The zero-order chi connectivity index (χ0) is 15.8. The monoisotopic (exact) mass is 327 g/mol. The molecule has 0 amide bonds. The maximum atomic E-state index is 12.7. The number of phenolic OH excluding ortho intramolecular Hbond substituents is 1. The summed E-state index contributed by atoms with van der Waals surface area (Å²) in [4.78, 5) is 15.0. The normalized spacial score (nSPS) is 15.5.